The fourth-order valence-electron chi connectivity index (χ4n) is 1.55. The first-order valence-corrected chi connectivity index (χ1v) is 6.17. The van der Waals surface area contributed by atoms with Gasteiger partial charge in [0.25, 0.3) is 0 Å². The Kier molecular flexibility index (Phi) is 4.08. The van der Waals surface area contributed by atoms with E-state index in [2.05, 4.69) is 0 Å². The Bertz CT molecular complexity index is 641. The first-order valence-electron chi connectivity index (χ1n) is 5.41. The summed E-state index contributed by atoms with van der Waals surface area (Å²) < 4.78 is 19.1. The van der Waals surface area contributed by atoms with E-state index in [1.54, 1.807) is 6.07 Å². The molecule has 0 aliphatic heterocycles. The Labute approximate surface area is 119 Å². The number of ether oxygens (including phenoxy) is 1. The van der Waals surface area contributed by atoms with Gasteiger partial charge in [0.05, 0.1) is 15.6 Å². The van der Waals surface area contributed by atoms with Crippen molar-refractivity contribution in [1.29, 1.82) is 0 Å². The second kappa shape index (κ2) is 5.59. The molecule has 0 aliphatic carbocycles. The lowest BCUT2D eigenvalue weighted by Crippen LogP contribution is -1.99. The van der Waals surface area contributed by atoms with Gasteiger partial charge >= 0.3 is 0 Å². The first kappa shape index (κ1) is 13.8. The van der Waals surface area contributed by atoms with Crippen LogP contribution in [-0.2, 0) is 0 Å². The maximum absolute atomic E-state index is 13.7. The van der Waals surface area contributed by atoms with Crippen LogP contribution in [0.15, 0.2) is 36.4 Å². The number of benzene rings is 2. The van der Waals surface area contributed by atoms with Crippen LogP contribution in [-0.4, -0.2) is 5.78 Å². The smallest absolute Gasteiger partial charge is 0.173 e. The molecule has 2 nitrogen and oxygen atoms in total. The standard InChI is InChI=1S/C14H9Cl2FO2/c1-8(18)10-3-2-4-13(17)14(10)19-9-5-6-11(15)12(16)7-9/h2-7H,1H3. The molecule has 2 aromatic rings. The minimum atomic E-state index is -0.612. The highest BCUT2D eigenvalue weighted by atomic mass is 35.5. The molecule has 0 heterocycles. The van der Waals surface area contributed by atoms with Crippen LogP contribution in [0.1, 0.15) is 17.3 Å². The third-order valence-electron chi connectivity index (χ3n) is 2.46. The number of rotatable bonds is 3. The zero-order valence-electron chi connectivity index (χ0n) is 9.91. The summed E-state index contributed by atoms with van der Waals surface area (Å²) in [5.74, 6) is -0.705. The molecule has 0 saturated carbocycles. The molecular weight excluding hydrogens is 290 g/mol. The molecule has 0 aliphatic rings. The van der Waals surface area contributed by atoms with Gasteiger partial charge < -0.3 is 4.74 Å². The second-order valence-electron chi connectivity index (χ2n) is 3.85. The Morgan fingerprint density at radius 3 is 2.53 bits per heavy atom. The lowest BCUT2D eigenvalue weighted by Gasteiger charge is -2.10. The predicted molar refractivity (Wildman–Crippen MR) is 72.9 cm³/mol. The highest BCUT2D eigenvalue weighted by Crippen LogP contribution is 2.32. The number of para-hydroxylation sites is 1. The highest BCUT2D eigenvalue weighted by molar-refractivity contribution is 6.42. The van der Waals surface area contributed by atoms with Gasteiger partial charge in [0, 0.05) is 6.07 Å². The van der Waals surface area contributed by atoms with E-state index < -0.39 is 5.82 Å². The van der Waals surface area contributed by atoms with Gasteiger partial charge in [-0.3, -0.25) is 4.79 Å². The summed E-state index contributed by atoms with van der Waals surface area (Å²) in [4.78, 5) is 11.4. The van der Waals surface area contributed by atoms with E-state index in [0.717, 1.165) is 0 Å². The van der Waals surface area contributed by atoms with Crippen LogP contribution < -0.4 is 4.74 Å². The van der Waals surface area contributed by atoms with Crippen LogP contribution >= 0.6 is 23.2 Å². The van der Waals surface area contributed by atoms with Crippen molar-refractivity contribution in [3.8, 4) is 11.5 Å². The summed E-state index contributed by atoms with van der Waals surface area (Å²) in [6, 6.07) is 8.71. The Hall–Kier alpha value is -1.58. The van der Waals surface area contributed by atoms with E-state index in [0.29, 0.717) is 15.8 Å². The molecule has 0 unspecified atom stereocenters. The molecular formula is C14H9Cl2FO2. The summed E-state index contributed by atoms with van der Waals surface area (Å²) in [5.41, 5.74) is 0.172. The Morgan fingerprint density at radius 2 is 1.89 bits per heavy atom. The quantitative estimate of drug-likeness (QED) is 0.735. The van der Waals surface area contributed by atoms with Gasteiger partial charge in [-0.2, -0.15) is 0 Å². The lowest BCUT2D eigenvalue weighted by atomic mass is 10.1. The van der Waals surface area contributed by atoms with E-state index in [4.69, 9.17) is 27.9 Å². The van der Waals surface area contributed by atoms with Crippen LogP contribution in [0.4, 0.5) is 4.39 Å². The van der Waals surface area contributed by atoms with Gasteiger partial charge in [-0.1, -0.05) is 29.3 Å². The zero-order valence-corrected chi connectivity index (χ0v) is 11.4. The van der Waals surface area contributed by atoms with Crippen molar-refractivity contribution in [2.45, 2.75) is 6.92 Å². The van der Waals surface area contributed by atoms with E-state index >= 15 is 0 Å². The molecule has 0 amide bonds. The normalized spacial score (nSPS) is 10.3. The number of Topliss-reactive ketones (excluding diaryl/α,β-unsaturated/α-hetero) is 1. The highest BCUT2D eigenvalue weighted by Gasteiger charge is 2.14. The summed E-state index contributed by atoms with van der Waals surface area (Å²) >= 11 is 11.6. The fraction of sp³-hybridized carbons (Fsp3) is 0.0714. The molecule has 0 fully saturated rings. The van der Waals surface area contributed by atoms with Gasteiger partial charge in [-0.15, -0.1) is 0 Å². The fourth-order valence-corrected chi connectivity index (χ4v) is 1.84. The summed E-state index contributed by atoms with van der Waals surface area (Å²) in [7, 11) is 0. The number of carbonyl (C=O) groups excluding carboxylic acids is 1. The molecule has 0 saturated heterocycles. The molecule has 98 valence electrons. The van der Waals surface area contributed by atoms with Gasteiger partial charge in [-0.05, 0) is 31.2 Å². The van der Waals surface area contributed by atoms with Crippen molar-refractivity contribution in [2.24, 2.45) is 0 Å². The summed E-state index contributed by atoms with van der Waals surface area (Å²) in [6.45, 7) is 1.34. The van der Waals surface area contributed by atoms with E-state index in [-0.39, 0.29) is 17.1 Å². The molecule has 0 spiro atoms. The van der Waals surface area contributed by atoms with Gasteiger partial charge in [0.2, 0.25) is 0 Å². The number of ketones is 1. The minimum Gasteiger partial charge on any atom is -0.453 e. The molecule has 2 rings (SSSR count). The predicted octanol–water partition coefficient (Wildman–Crippen LogP) is 5.13. The molecule has 2 aromatic carbocycles. The monoisotopic (exact) mass is 298 g/mol. The number of carbonyl (C=O) groups is 1. The van der Waals surface area contributed by atoms with Crippen molar-refractivity contribution in [2.75, 3.05) is 0 Å². The topological polar surface area (TPSA) is 26.3 Å². The van der Waals surface area contributed by atoms with E-state index in [1.807, 2.05) is 0 Å². The Morgan fingerprint density at radius 1 is 1.16 bits per heavy atom. The van der Waals surface area contributed by atoms with Crippen LogP contribution in [0.25, 0.3) is 0 Å². The molecule has 0 atom stereocenters. The second-order valence-corrected chi connectivity index (χ2v) is 4.67. The van der Waals surface area contributed by atoms with Crippen LogP contribution in [0, 0.1) is 5.82 Å². The number of halogens is 3. The van der Waals surface area contributed by atoms with Crippen LogP contribution in [0.3, 0.4) is 0 Å². The minimum absolute atomic E-state index is 0.117. The summed E-state index contributed by atoms with van der Waals surface area (Å²) in [5, 5.41) is 0.661. The summed E-state index contributed by atoms with van der Waals surface area (Å²) in [6.07, 6.45) is 0. The third kappa shape index (κ3) is 3.06. The van der Waals surface area contributed by atoms with Crippen molar-refractivity contribution in [3.05, 3.63) is 57.8 Å². The average molecular weight is 299 g/mol. The van der Waals surface area contributed by atoms with Gasteiger partial charge in [0.15, 0.2) is 17.3 Å². The lowest BCUT2D eigenvalue weighted by molar-refractivity contribution is 0.101. The molecule has 5 heteroatoms. The zero-order chi connectivity index (χ0) is 14.0. The average Bonchev–Trinajstić information content (AvgIpc) is 2.36. The third-order valence-corrected chi connectivity index (χ3v) is 3.20. The van der Waals surface area contributed by atoms with Crippen molar-refractivity contribution < 1.29 is 13.9 Å². The maximum atomic E-state index is 13.7. The largest absolute Gasteiger partial charge is 0.453 e. The SMILES string of the molecule is CC(=O)c1cccc(F)c1Oc1ccc(Cl)c(Cl)c1. The van der Waals surface area contributed by atoms with Crippen molar-refractivity contribution in [3.63, 3.8) is 0 Å². The van der Waals surface area contributed by atoms with Crippen LogP contribution in [0.2, 0.25) is 10.0 Å². The van der Waals surface area contributed by atoms with E-state index in [9.17, 15) is 9.18 Å². The molecule has 0 radical (unpaired) electrons. The van der Waals surface area contributed by atoms with Gasteiger partial charge in [-0.25, -0.2) is 4.39 Å². The van der Waals surface area contributed by atoms with Crippen molar-refractivity contribution in [1.82, 2.24) is 0 Å². The number of hydrogen-bond donors (Lipinski definition) is 0. The van der Waals surface area contributed by atoms with Crippen molar-refractivity contribution >= 4 is 29.0 Å². The maximum Gasteiger partial charge on any atom is 0.173 e. The van der Waals surface area contributed by atoms with E-state index in [1.165, 1.54) is 37.3 Å². The number of hydrogen-bond acceptors (Lipinski definition) is 2. The van der Waals surface area contributed by atoms with Crippen LogP contribution in [0.5, 0.6) is 11.5 Å². The Balaban J connectivity index is 2.42. The molecule has 0 aromatic heterocycles. The van der Waals surface area contributed by atoms with Gasteiger partial charge in [0.1, 0.15) is 5.75 Å². The first-order chi connectivity index (χ1) is 8.99. The molecule has 0 N–H and O–H groups in total. The molecule has 0 bridgehead atoms. The molecule has 19 heavy (non-hydrogen) atoms.